The minimum absolute atomic E-state index is 0.0184. The Hall–Kier alpha value is -3.55. The topological polar surface area (TPSA) is 77.0 Å². The van der Waals surface area contributed by atoms with Crippen molar-refractivity contribution in [2.24, 2.45) is 0 Å². The number of nitrogens with one attached hydrogen (secondary N) is 1. The zero-order valence-electron chi connectivity index (χ0n) is 22.6. The first-order chi connectivity index (χ1) is 18.1. The molecule has 0 aromatic heterocycles. The van der Waals surface area contributed by atoms with Crippen molar-refractivity contribution in [1.29, 1.82) is 0 Å². The summed E-state index contributed by atoms with van der Waals surface area (Å²) in [4.78, 5) is 12.9. The number of alkyl carbamates (subject to hydrolysis) is 1. The van der Waals surface area contributed by atoms with Crippen molar-refractivity contribution >= 4 is 19.3 Å². The molecule has 7 heteroatoms. The summed E-state index contributed by atoms with van der Waals surface area (Å²) in [5.74, 6) is 0.135. The molecule has 3 aromatic rings. The largest absolute Gasteiger partial charge is 0.507 e. The highest BCUT2D eigenvalue weighted by Gasteiger charge is 2.52. The number of aromatic hydroxyl groups is 1. The summed E-state index contributed by atoms with van der Waals surface area (Å²) in [5, 5.41) is 13.4. The number of rotatable bonds is 6. The van der Waals surface area contributed by atoms with E-state index in [1.54, 1.807) is 12.1 Å². The van der Waals surface area contributed by atoms with Crippen LogP contribution in [0.5, 0.6) is 5.75 Å². The van der Waals surface area contributed by atoms with E-state index in [1.165, 1.54) is 11.1 Å². The van der Waals surface area contributed by atoms with E-state index in [0.717, 1.165) is 16.7 Å². The smallest absolute Gasteiger partial charge is 0.492 e. The first-order valence-electron chi connectivity index (χ1n) is 13.0. The summed E-state index contributed by atoms with van der Waals surface area (Å²) >= 11 is 0. The van der Waals surface area contributed by atoms with Gasteiger partial charge in [-0.25, -0.2) is 4.79 Å². The molecule has 1 aliphatic carbocycles. The van der Waals surface area contributed by atoms with Crippen LogP contribution in [0.1, 0.15) is 55.9 Å². The van der Waals surface area contributed by atoms with Crippen LogP contribution in [0, 0.1) is 6.92 Å². The molecule has 0 atom stereocenters. The lowest BCUT2D eigenvalue weighted by atomic mass is 9.76. The number of hydrogen-bond donors (Lipinski definition) is 2. The number of phenols is 1. The number of carbonyl (C=O) groups excluding carboxylic acids is 1. The third-order valence-corrected chi connectivity index (χ3v) is 7.97. The van der Waals surface area contributed by atoms with Crippen molar-refractivity contribution in [3.05, 3.63) is 94.5 Å². The fraction of sp³-hybridized carbons (Fsp3) is 0.323. The summed E-state index contributed by atoms with van der Waals surface area (Å²) in [6, 6.07) is 21.8. The van der Waals surface area contributed by atoms with Crippen molar-refractivity contribution in [2.45, 2.75) is 51.7 Å². The number of fused-ring (bicyclic) bond motifs is 3. The van der Waals surface area contributed by atoms with Gasteiger partial charge in [-0.1, -0.05) is 66.7 Å². The maximum absolute atomic E-state index is 12.9. The van der Waals surface area contributed by atoms with Crippen molar-refractivity contribution in [1.82, 2.24) is 5.32 Å². The molecule has 0 radical (unpaired) electrons. The van der Waals surface area contributed by atoms with Gasteiger partial charge in [-0.15, -0.1) is 0 Å². The summed E-state index contributed by atoms with van der Waals surface area (Å²) in [6.07, 6.45) is 1.31. The standard InChI is InChI=1S/C31H34BNO5/c1-20-11-10-16-28(34)26(20)17-21(32-37-30(2,3)31(4,5)38-32)18-33-29(35)36-19-27-24-14-8-6-12-22(24)23-13-7-9-15-25(23)27/h6-17,27,34H,18-19H2,1-5H3,(H,33,35). The van der Waals surface area contributed by atoms with E-state index in [-0.39, 0.29) is 24.8 Å². The molecule has 2 N–H and O–H groups in total. The Labute approximate surface area is 224 Å². The van der Waals surface area contributed by atoms with E-state index in [4.69, 9.17) is 14.0 Å². The molecular formula is C31H34BNO5. The minimum Gasteiger partial charge on any atom is -0.507 e. The Morgan fingerprint density at radius 3 is 2.11 bits per heavy atom. The Balaban J connectivity index is 1.32. The zero-order valence-corrected chi connectivity index (χ0v) is 22.6. The van der Waals surface area contributed by atoms with E-state index in [0.29, 0.717) is 11.0 Å². The Kier molecular flexibility index (Phi) is 6.84. The van der Waals surface area contributed by atoms with Gasteiger partial charge in [0.25, 0.3) is 0 Å². The van der Waals surface area contributed by atoms with Crippen LogP contribution in [-0.4, -0.2) is 42.7 Å². The van der Waals surface area contributed by atoms with E-state index in [1.807, 2.05) is 71.0 Å². The van der Waals surface area contributed by atoms with Gasteiger partial charge in [-0.2, -0.15) is 0 Å². The van der Waals surface area contributed by atoms with Gasteiger partial charge in [0.15, 0.2) is 0 Å². The van der Waals surface area contributed by atoms with Crippen molar-refractivity contribution < 1.29 is 23.9 Å². The summed E-state index contributed by atoms with van der Waals surface area (Å²) in [7, 11) is -0.687. The van der Waals surface area contributed by atoms with Crippen LogP contribution in [-0.2, 0) is 14.0 Å². The van der Waals surface area contributed by atoms with Gasteiger partial charge < -0.3 is 24.5 Å². The molecule has 1 fully saturated rings. The van der Waals surface area contributed by atoms with Crippen molar-refractivity contribution in [3.63, 3.8) is 0 Å². The highest BCUT2D eigenvalue weighted by molar-refractivity contribution is 6.56. The normalized spacial score (nSPS) is 17.7. The molecule has 1 aliphatic heterocycles. The molecule has 0 bridgehead atoms. The third kappa shape index (κ3) is 4.84. The quantitative estimate of drug-likeness (QED) is 0.383. The van der Waals surface area contributed by atoms with Gasteiger partial charge in [0.2, 0.25) is 0 Å². The number of carbonyl (C=O) groups is 1. The number of aryl methyl sites for hydroxylation is 1. The number of phenolic OH excluding ortho intramolecular Hbond substituents is 1. The molecule has 0 spiro atoms. The Morgan fingerprint density at radius 1 is 0.947 bits per heavy atom. The van der Waals surface area contributed by atoms with Crippen LogP contribution >= 0.6 is 0 Å². The zero-order chi connectivity index (χ0) is 27.1. The molecule has 0 saturated carbocycles. The van der Waals surface area contributed by atoms with Crippen molar-refractivity contribution in [3.8, 4) is 16.9 Å². The maximum atomic E-state index is 12.9. The molecule has 38 heavy (non-hydrogen) atoms. The number of hydrogen-bond acceptors (Lipinski definition) is 5. The lowest BCUT2D eigenvalue weighted by Gasteiger charge is -2.32. The predicted molar refractivity (Wildman–Crippen MR) is 150 cm³/mol. The average molecular weight is 511 g/mol. The lowest BCUT2D eigenvalue weighted by Crippen LogP contribution is -2.41. The molecule has 1 amide bonds. The average Bonchev–Trinajstić information content (AvgIpc) is 3.31. The van der Waals surface area contributed by atoms with Gasteiger partial charge >= 0.3 is 13.2 Å². The number of benzene rings is 3. The molecule has 196 valence electrons. The first-order valence-corrected chi connectivity index (χ1v) is 13.0. The second-order valence-corrected chi connectivity index (χ2v) is 11.0. The Bertz CT molecular complexity index is 1310. The second kappa shape index (κ2) is 9.97. The van der Waals surface area contributed by atoms with E-state index in [2.05, 4.69) is 29.6 Å². The van der Waals surface area contributed by atoms with Crippen LogP contribution < -0.4 is 5.32 Å². The molecule has 0 unspecified atom stereocenters. The van der Waals surface area contributed by atoms with Crippen molar-refractivity contribution in [2.75, 3.05) is 13.2 Å². The molecule has 6 nitrogen and oxygen atoms in total. The number of amides is 1. The van der Waals surface area contributed by atoms with Crippen LogP contribution in [0.4, 0.5) is 4.79 Å². The fourth-order valence-electron chi connectivity index (χ4n) is 5.06. The second-order valence-electron chi connectivity index (χ2n) is 11.0. The van der Waals surface area contributed by atoms with Crippen LogP contribution in [0.2, 0.25) is 0 Å². The molecule has 3 aromatic carbocycles. The summed E-state index contributed by atoms with van der Waals surface area (Å²) < 4.78 is 18.3. The third-order valence-electron chi connectivity index (χ3n) is 7.97. The van der Waals surface area contributed by atoms with Crippen LogP contribution in [0.25, 0.3) is 17.2 Å². The minimum atomic E-state index is -0.687. The highest BCUT2D eigenvalue weighted by Crippen LogP contribution is 2.44. The predicted octanol–water partition coefficient (Wildman–Crippen LogP) is 6.25. The van der Waals surface area contributed by atoms with E-state index < -0.39 is 24.4 Å². The van der Waals surface area contributed by atoms with Crippen LogP contribution in [0.15, 0.2) is 72.2 Å². The SMILES string of the molecule is Cc1cccc(O)c1C=C(CNC(=O)OCC1c2ccccc2-c2ccccc21)B1OC(C)(C)C(C)(C)O1. The Morgan fingerprint density at radius 2 is 1.53 bits per heavy atom. The molecular weight excluding hydrogens is 477 g/mol. The van der Waals surface area contributed by atoms with Crippen LogP contribution in [0.3, 0.4) is 0 Å². The summed E-state index contributed by atoms with van der Waals surface area (Å²) in [6.45, 7) is 10.2. The van der Waals surface area contributed by atoms with Gasteiger partial charge in [0, 0.05) is 18.0 Å². The van der Waals surface area contributed by atoms with E-state index in [9.17, 15) is 9.90 Å². The van der Waals surface area contributed by atoms with Gasteiger partial charge in [-0.3, -0.25) is 0 Å². The van der Waals surface area contributed by atoms with E-state index >= 15 is 0 Å². The van der Waals surface area contributed by atoms with Gasteiger partial charge in [-0.05, 0) is 74.0 Å². The number of ether oxygens (including phenoxy) is 1. The molecule has 1 heterocycles. The fourth-order valence-corrected chi connectivity index (χ4v) is 5.06. The first kappa shape index (κ1) is 26.1. The molecule has 5 rings (SSSR count). The monoisotopic (exact) mass is 511 g/mol. The molecule has 2 aliphatic rings. The van der Waals surface area contributed by atoms with Gasteiger partial charge in [0.05, 0.1) is 11.2 Å². The maximum Gasteiger partial charge on any atom is 0.492 e. The lowest BCUT2D eigenvalue weighted by molar-refractivity contribution is 0.00578. The highest BCUT2D eigenvalue weighted by atomic mass is 16.7. The van der Waals surface area contributed by atoms with Gasteiger partial charge in [0.1, 0.15) is 12.4 Å². The molecule has 1 saturated heterocycles. The summed E-state index contributed by atoms with van der Waals surface area (Å²) in [5.41, 5.74) is 5.84.